The van der Waals surface area contributed by atoms with Crippen LogP contribution in [-0.2, 0) is 0 Å². The molecule has 0 aromatic carbocycles. The molecular formula is C23H47O3. The molecule has 3 nitrogen and oxygen atoms in total. The maximum absolute atomic E-state index is 9.04. The monoisotopic (exact) mass is 371 g/mol. The Bertz CT molecular complexity index is 273. The second-order valence-corrected chi connectivity index (χ2v) is 8.23. The van der Waals surface area contributed by atoms with Gasteiger partial charge in [0.1, 0.15) is 0 Å². The zero-order valence-electron chi connectivity index (χ0n) is 17.6. The second-order valence-electron chi connectivity index (χ2n) is 8.23. The van der Waals surface area contributed by atoms with Crippen molar-refractivity contribution >= 4 is 0 Å². The Hall–Kier alpha value is -0.120. The Morgan fingerprint density at radius 2 is 0.962 bits per heavy atom. The van der Waals surface area contributed by atoms with E-state index in [4.69, 9.17) is 15.3 Å². The Morgan fingerprint density at radius 1 is 0.615 bits per heavy atom. The Morgan fingerprint density at radius 3 is 1.27 bits per heavy atom. The number of rotatable bonds is 20. The van der Waals surface area contributed by atoms with Crippen LogP contribution in [0.4, 0.5) is 0 Å². The Kier molecular flexibility index (Phi) is 18.2. The van der Waals surface area contributed by atoms with Gasteiger partial charge < -0.3 is 15.3 Å². The van der Waals surface area contributed by atoms with Gasteiger partial charge in [-0.3, -0.25) is 0 Å². The summed E-state index contributed by atoms with van der Waals surface area (Å²) in [5.74, 6) is -2.43. The minimum absolute atomic E-state index is 0.00917. The van der Waals surface area contributed by atoms with E-state index in [9.17, 15) is 0 Å². The predicted molar refractivity (Wildman–Crippen MR) is 112 cm³/mol. The first kappa shape index (κ1) is 25.9. The third-order valence-corrected chi connectivity index (χ3v) is 5.44. The predicted octanol–water partition coefficient (Wildman–Crippen LogP) is 6.50. The summed E-state index contributed by atoms with van der Waals surface area (Å²) in [6.45, 7) is 6.10. The van der Waals surface area contributed by atoms with Gasteiger partial charge in [0, 0.05) is 6.42 Å². The number of hydrogen-bond acceptors (Lipinski definition) is 3. The van der Waals surface area contributed by atoms with Crippen molar-refractivity contribution in [2.45, 2.75) is 135 Å². The fourth-order valence-corrected chi connectivity index (χ4v) is 3.72. The molecule has 1 unspecified atom stereocenters. The Labute approximate surface area is 163 Å². The van der Waals surface area contributed by atoms with Crippen molar-refractivity contribution < 1.29 is 15.3 Å². The quantitative estimate of drug-likeness (QED) is 0.169. The van der Waals surface area contributed by atoms with Gasteiger partial charge in [-0.25, -0.2) is 0 Å². The minimum atomic E-state index is -2.53. The fourth-order valence-electron chi connectivity index (χ4n) is 3.72. The van der Waals surface area contributed by atoms with E-state index in [1.165, 1.54) is 96.3 Å². The first-order valence-electron chi connectivity index (χ1n) is 11.5. The lowest BCUT2D eigenvalue weighted by molar-refractivity contribution is -0.320. The summed E-state index contributed by atoms with van der Waals surface area (Å²) in [5, 5.41) is 27.1. The fraction of sp³-hybridized carbons (Fsp3) is 0.957. The molecule has 0 fully saturated rings. The summed E-state index contributed by atoms with van der Waals surface area (Å²) in [6, 6.07) is 0. The second kappa shape index (κ2) is 18.3. The van der Waals surface area contributed by atoms with Crippen molar-refractivity contribution in [3.8, 4) is 0 Å². The molecule has 0 aliphatic heterocycles. The van der Waals surface area contributed by atoms with Gasteiger partial charge in [0.05, 0.1) is 0 Å². The molecular weight excluding hydrogens is 324 g/mol. The SMILES string of the molecule is [CH2]CC(CCCCCCCCCCCCCCCCCC)CC(O)(O)O. The molecule has 0 aromatic rings. The largest absolute Gasteiger partial charge is 0.344 e. The lowest BCUT2D eigenvalue weighted by atomic mass is 9.94. The third kappa shape index (κ3) is 20.2. The summed E-state index contributed by atoms with van der Waals surface area (Å²) in [4.78, 5) is 0. The average Bonchev–Trinajstić information content (AvgIpc) is 2.59. The first-order valence-corrected chi connectivity index (χ1v) is 11.5. The highest BCUT2D eigenvalue weighted by Gasteiger charge is 2.23. The van der Waals surface area contributed by atoms with Crippen LogP contribution < -0.4 is 0 Å². The molecule has 0 saturated heterocycles. The zero-order valence-corrected chi connectivity index (χ0v) is 17.6. The maximum atomic E-state index is 9.04. The summed E-state index contributed by atoms with van der Waals surface area (Å²) in [7, 11) is 0. The highest BCUT2D eigenvalue weighted by atomic mass is 16.7. The molecule has 157 valence electrons. The number of hydrogen-bond donors (Lipinski definition) is 3. The minimum Gasteiger partial charge on any atom is -0.344 e. The molecule has 1 radical (unpaired) electrons. The molecule has 3 N–H and O–H groups in total. The van der Waals surface area contributed by atoms with E-state index >= 15 is 0 Å². The van der Waals surface area contributed by atoms with Crippen LogP contribution in [0.1, 0.15) is 129 Å². The van der Waals surface area contributed by atoms with Crippen LogP contribution >= 0.6 is 0 Å². The van der Waals surface area contributed by atoms with E-state index in [0.29, 0.717) is 6.42 Å². The molecule has 0 aliphatic carbocycles. The molecule has 26 heavy (non-hydrogen) atoms. The van der Waals surface area contributed by atoms with Crippen molar-refractivity contribution in [1.82, 2.24) is 0 Å². The molecule has 0 amide bonds. The van der Waals surface area contributed by atoms with Crippen LogP contribution in [0, 0.1) is 12.8 Å². The smallest absolute Gasteiger partial charge is 0.275 e. The summed E-state index contributed by atoms with van der Waals surface area (Å²) >= 11 is 0. The highest BCUT2D eigenvalue weighted by molar-refractivity contribution is 4.65. The van der Waals surface area contributed by atoms with Gasteiger partial charge >= 0.3 is 0 Å². The third-order valence-electron chi connectivity index (χ3n) is 5.44. The van der Waals surface area contributed by atoms with Crippen LogP contribution in [-0.4, -0.2) is 21.3 Å². The van der Waals surface area contributed by atoms with Gasteiger partial charge in [-0.05, 0) is 5.92 Å². The first-order chi connectivity index (χ1) is 12.5. The van der Waals surface area contributed by atoms with E-state index < -0.39 is 5.97 Å². The molecule has 0 aliphatic rings. The normalized spacial score (nSPS) is 13.3. The van der Waals surface area contributed by atoms with Gasteiger partial charge in [-0.2, -0.15) is 0 Å². The molecule has 0 heterocycles. The molecule has 0 rings (SSSR count). The number of unbranched alkanes of at least 4 members (excludes halogenated alkanes) is 15. The lowest BCUT2D eigenvalue weighted by Gasteiger charge is -2.21. The van der Waals surface area contributed by atoms with E-state index in [1.807, 2.05) is 0 Å². The molecule has 0 spiro atoms. The van der Waals surface area contributed by atoms with Gasteiger partial charge in [-0.1, -0.05) is 129 Å². The van der Waals surface area contributed by atoms with Gasteiger partial charge in [0.25, 0.3) is 5.97 Å². The zero-order chi connectivity index (χ0) is 19.5. The van der Waals surface area contributed by atoms with E-state index in [-0.39, 0.29) is 12.3 Å². The maximum Gasteiger partial charge on any atom is 0.275 e. The average molecular weight is 372 g/mol. The van der Waals surface area contributed by atoms with E-state index in [1.54, 1.807) is 0 Å². The number of aliphatic hydroxyl groups is 3. The standard InChI is InChI=1S/C23H47O3/c1-3-5-6-7-8-9-10-11-12-13-14-15-16-17-18-19-20-22(4-2)21-23(24,25)26/h22,24-26H,2-21H2,1H3. The van der Waals surface area contributed by atoms with Gasteiger partial charge in [-0.15, -0.1) is 0 Å². The van der Waals surface area contributed by atoms with E-state index in [2.05, 4.69) is 13.8 Å². The van der Waals surface area contributed by atoms with Crippen LogP contribution in [0.15, 0.2) is 0 Å². The molecule has 0 saturated carbocycles. The van der Waals surface area contributed by atoms with Crippen molar-refractivity contribution in [2.75, 3.05) is 0 Å². The summed E-state index contributed by atoms with van der Waals surface area (Å²) in [6.07, 6.45) is 23.3. The van der Waals surface area contributed by atoms with Crippen LogP contribution in [0.3, 0.4) is 0 Å². The van der Waals surface area contributed by atoms with E-state index in [0.717, 1.165) is 12.8 Å². The molecule has 1 atom stereocenters. The van der Waals surface area contributed by atoms with Crippen molar-refractivity contribution in [1.29, 1.82) is 0 Å². The van der Waals surface area contributed by atoms with Crippen molar-refractivity contribution in [3.05, 3.63) is 6.92 Å². The van der Waals surface area contributed by atoms with Crippen LogP contribution in [0.2, 0.25) is 0 Å². The van der Waals surface area contributed by atoms with Gasteiger partial charge in [0.15, 0.2) is 0 Å². The van der Waals surface area contributed by atoms with Crippen LogP contribution in [0.25, 0.3) is 0 Å². The molecule has 3 heteroatoms. The summed E-state index contributed by atoms with van der Waals surface area (Å²) < 4.78 is 0. The summed E-state index contributed by atoms with van der Waals surface area (Å²) in [5.41, 5.74) is 0. The Balaban J connectivity index is 3.22. The molecule has 0 bridgehead atoms. The van der Waals surface area contributed by atoms with Crippen molar-refractivity contribution in [2.24, 2.45) is 5.92 Å². The topological polar surface area (TPSA) is 60.7 Å². The van der Waals surface area contributed by atoms with Crippen molar-refractivity contribution in [3.63, 3.8) is 0 Å². The lowest BCUT2D eigenvalue weighted by Crippen LogP contribution is -2.30. The van der Waals surface area contributed by atoms with Crippen LogP contribution in [0.5, 0.6) is 0 Å². The van der Waals surface area contributed by atoms with Gasteiger partial charge in [0.2, 0.25) is 0 Å². The molecule has 0 aromatic heterocycles. The highest BCUT2D eigenvalue weighted by Crippen LogP contribution is 2.22.